The highest BCUT2D eigenvalue weighted by molar-refractivity contribution is 5.99. The van der Waals surface area contributed by atoms with Crippen molar-refractivity contribution in [2.24, 2.45) is 0 Å². The smallest absolute Gasteiger partial charge is 0.449 e. The van der Waals surface area contributed by atoms with Gasteiger partial charge in [0.2, 0.25) is 0 Å². The lowest BCUT2D eigenvalue weighted by Gasteiger charge is -2.11. The van der Waals surface area contributed by atoms with Gasteiger partial charge in [-0.3, -0.25) is 0 Å². The highest BCUT2D eigenvalue weighted by Crippen LogP contribution is 2.20. The summed E-state index contributed by atoms with van der Waals surface area (Å²) in [5.41, 5.74) is 1.58. The molecule has 6 nitrogen and oxygen atoms in total. The van der Waals surface area contributed by atoms with Gasteiger partial charge in [0.15, 0.2) is 0 Å². The molecule has 0 saturated carbocycles. The van der Waals surface area contributed by atoms with Gasteiger partial charge >= 0.3 is 12.1 Å². The summed E-state index contributed by atoms with van der Waals surface area (Å²) < 4.78 is 4.19. The van der Waals surface area contributed by atoms with Gasteiger partial charge in [-0.25, -0.2) is 14.6 Å². The molecule has 1 aromatic carbocycles. The van der Waals surface area contributed by atoms with E-state index in [1.165, 1.54) is 6.07 Å². The lowest BCUT2D eigenvalue weighted by atomic mass is 10.2. The third-order valence-corrected chi connectivity index (χ3v) is 2.75. The van der Waals surface area contributed by atoms with E-state index in [2.05, 4.69) is 15.0 Å². The van der Waals surface area contributed by atoms with Crippen LogP contribution in [0.25, 0.3) is 0 Å². The van der Waals surface area contributed by atoms with Crippen LogP contribution in [0.4, 0.5) is 16.3 Å². The molecule has 0 bridgehead atoms. The molecule has 0 spiro atoms. The molecular weight excluding hydrogens is 272 g/mol. The monoisotopic (exact) mass is 286 g/mol. The van der Waals surface area contributed by atoms with Gasteiger partial charge in [0.25, 0.3) is 0 Å². The minimum Gasteiger partial charge on any atom is -0.449 e. The van der Waals surface area contributed by atoms with Crippen LogP contribution >= 0.6 is 0 Å². The number of para-hydroxylation sites is 1. The number of hydrogen-bond acceptors (Lipinski definition) is 5. The maximum atomic E-state index is 11.8. The number of rotatable bonds is 4. The Labute approximate surface area is 121 Å². The molecule has 0 aliphatic carbocycles. The number of anilines is 2. The van der Waals surface area contributed by atoms with Gasteiger partial charge in [0, 0.05) is 11.4 Å². The van der Waals surface area contributed by atoms with E-state index in [0.29, 0.717) is 6.42 Å². The molecule has 0 amide bonds. The van der Waals surface area contributed by atoms with Gasteiger partial charge in [-0.2, -0.15) is 0 Å². The molecule has 21 heavy (non-hydrogen) atoms. The number of esters is 1. The normalized spacial score (nSPS) is 9.95. The Morgan fingerprint density at radius 1 is 1.19 bits per heavy atom. The standard InChI is InChI=1S/C15H14N2O4/c1-2-10-8-9-12(14(18)21-15(19)20)13(16-10)17-11-6-4-3-5-7-11/h3-9H,2H2,1H3,(H,16,17)(H,19,20). The number of carbonyl (C=O) groups excluding carboxylic acids is 1. The number of benzene rings is 1. The third kappa shape index (κ3) is 3.79. The molecule has 0 fully saturated rings. The quantitative estimate of drug-likeness (QED) is 0.662. The van der Waals surface area contributed by atoms with Crippen LogP contribution in [0.3, 0.4) is 0 Å². The number of aromatic nitrogens is 1. The molecule has 0 unspecified atom stereocenters. The van der Waals surface area contributed by atoms with Crippen LogP contribution in [0.15, 0.2) is 42.5 Å². The Hall–Kier alpha value is -2.89. The summed E-state index contributed by atoms with van der Waals surface area (Å²) in [5, 5.41) is 11.5. The number of carbonyl (C=O) groups is 2. The second kappa shape index (κ2) is 6.51. The Morgan fingerprint density at radius 2 is 1.90 bits per heavy atom. The van der Waals surface area contributed by atoms with Crippen LogP contribution in [0.5, 0.6) is 0 Å². The largest absolute Gasteiger partial charge is 0.513 e. The van der Waals surface area contributed by atoms with Crippen molar-refractivity contribution in [2.45, 2.75) is 13.3 Å². The zero-order valence-corrected chi connectivity index (χ0v) is 11.4. The van der Waals surface area contributed by atoms with E-state index in [9.17, 15) is 9.59 Å². The Bertz CT molecular complexity index is 656. The van der Waals surface area contributed by atoms with E-state index in [1.807, 2.05) is 37.3 Å². The predicted octanol–water partition coefficient (Wildman–Crippen LogP) is 3.22. The van der Waals surface area contributed by atoms with Crippen molar-refractivity contribution in [1.82, 2.24) is 4.98 Å². The maximum Gasteiger partial charge on any atom is 0.513 e. The Morgan fingerprint density at radius 3 is 2.52 bits per heavy atom. The number of hydrogen-bond donors (Lipinski definition) is 2. The van der Waals surface area contributed by atoms with E-state index >= 15 is 0 Å². The lowest BCUT2D eigenvalue weighted by Crippen LogP contribution is -2.13. The highest BCUT2D eigenvalue weighted by atomic mass is 16.7. The van der Waals surface area contributed by atoms with E-state index in [1.54, 1.807) is 6.07 Å². The second-order valence-electron chi connectivity index (χ2n) is 4.20. The Kier molecular flexibility index (Phi) is 4.50. The molecule has 0 aliphatic rings. The molecule has 0 saturated heterocycles. The van der Waals surface area contributed by atoms with Crippen LogP contribution < -0.4 is 5.32 Å². The van der Waals surface area contributed by atoms with Crippen molar-refractivity contribution >= 4 is 23.6 Å². The number of aryl methyl sites for hydroxylation is 1. The van der Waals surface area contributed by atoms with Crippen LogP contribution in [0, 0.1) is 0 Å². The number of nitrogens with one attached hydrogen (secondary N) is 1. The van der Waals surface area contributed by atoms with Crippen LogP contribution in [-0.2, 0) is 11.2 Å². The summed E-state index contributed by atoms with van der Waals surface area (Å²) in [6.45, 7) is 1.93. The van der Waals surface area contributed by atoms with E-state index in [-0.39, 0.29) is 11.4 Å². The molecule has 108 valence electrons. The fourth-order valence-electron chi connectivity index (χ4n) is 1.75. The molecule has 0 aliphatic heterocycles. The van der Waals surface area contributed by atoms with E-state index in [4.69, 9.17) is 5.11 Å². The minimum atomic E-state index is -1.65. The molecule has 0 radical (unpaired) electrons. The van der Waals surface area contributed by atoms with Crippen molar-refractivity contribution in [1.29, 1.82) is 0 Å². The van der Waals surface area contributed by atoms with E-state index in [0.717, 1.165) is 11.4 Å². The van der Waals surface area contributed by atoms with Crippen LogP contribution in [0.2, 0.25) is 0 Å². The topological polar surface area (TPSA) is 88.5 Å². The molecule has 1 aromatic heterocycles. The number of pyridine rings is 1. The first-order chi connectivity index (χ1) is 10.1. The van der Waals surface area contributed by atoms with Gasteiger partial charge in [0.05, 0.1) is 0 Å². The average Bonchev–Trinajstić information content (AvgIpc) is 2.47. The van der Waals surface area contributed by atoms with Gasteiger partial charge < -0.3 is 15.2 Å². The zero-order chi connectivity index (χ0) is 15.2. The minimum absolute atomic E-state index is 0.0680. The fraction of sp³-hybridized carbons (Fsp3) is 0.133. The fourth-order valence-corrected chi connectivity index (χ4v) is 1.75. The lowest BCUT2D eigenvalue weighted by molar-refractivity contribution is 0.0510. The number of nitrogens with zero attached hydrogens (tertiary/aromatic N) is 1. The van der Waals surface area contributed by atoms with Crippen molar-refractivity contribution in [3.05, 3.63) is 53.7 Å². The molecular formula is C15H14N2O4. The number of ether oxygens (including phenoxy) is 1. The van der Waals surface area contributed by atoms with Crippen LogP contribution in [-0.4, -0.2) is 22.2 Å². The van der Waals surface area contributed by atoms with Crippen LogP contribution in [0.1, 0.15) is 23.0 Å². The first kappa shape index (κ1) is 14.5. The maximum absolute atomic E-state index is 11.8. The third-order valence-electron chi connectivity index (χ3n) is 2.75. The Balaban J connectivity index is 2.36. The summed E-state index contributed by atoms with van der Waals surface area (Å²) in [7, 11) is 0. The molecule has 2 N–H and O–H groups in total. The summed E-state index contributed by atoms with van der Waals surface area (Å²) in [6.07, 6.45) is -0.956. The first-order valence-corrected chi connectivity index (χ1v) is 6.37. The van der Waals surface area contributed by atoms with E-state index < -0.39 is 12.1 Å². The molecule has 2 aromatic rings. The van der Waals surface area contributed by atoms with Crippen molar-refractivity contribution < 1.29 is 19.4 Å². The van der Waals surface area contributed by atoms with Crippen molar-refractivity contribution in [3.63, 3.8) is 0 Å². The summed E-state index contributed by atoms with van der Waals surface area (Å²) in [5.74, 6) is -0.692. The van der Waals surface area contributed by atoms with Gasteiger partial charge in [-0.1, -0.05) is 25.1 Å². The zero-order valence-electron chi connectivity index (χ0n) is 11.4. The molecule has 2 rings (SSSR count). The molecule has 0 atom stereocenters. The van der Waals surface area contributed by atoms with Crippen molar-refractivity contribution in [2.75, 3.05) is 5.32 Å². The number of carboxylic acid groups (broad SMARTS) is 1. The summed E-state index contributed by atoms with van der Waals surface area (Å²) in [6, 6.07) is 12.3. The average molecular weight is 286 g/mol. The SMILES string of the molecule is CCc1ccc(C(=O)OC(=O)O)c(Nc2ccccc2)n1. The van der Waals surface area contributed by atoms with Gasteiger partial charge in [-0.05, 0) is 30.7 Å². The predicted molar refractivity (Wildman–Crippen MR) is 76.8 cm³/mol. The summed E-state index contributed by atoms with van der Waals surface area (Å²) in [4.78, 5) is 26.6. The highest BCUT2D eigenvalue weighted by Gasteiger charge is 2.18. The first-order valence-electron chi connectivity index (χ1n) is 6.37. The molecule has 6 heteroatoms. The summed E-state index contributed by atoms with van der Waals surface area (Å²) >= 11 is 0. The van der Waals surface area contributed by atoms with Gasteiger partial charge in [-0.15, -0.1) is 0 Å². The van der Waals surface area contributed by atoms with Gasteiger partial charge in [0.1, 0.15) is 11.4 Å². The second-order valence-corrected chi connectivity index (χ2v) is 4.20. The van der Waals surface area contributed by atoms with Crippen molar-refractivity contribution in [3.8, 4) is 0 Å². The molecule has 1 heterocycles.